The van der Waals surface area contributed by atoms with Crippen LogP contribution in [0.4, 0.5) is 11.6 Å². The van der Waals surface area contributed by atoms with E-state index in [-0.39, 0.29) is 16.8 Å². The van der Waals surface area contributed by atoms with Gasteiger partial charge in [0.05, 0.1) is 4.90 Å². The van der Waals surface area contributed by atoms with Crippen molar-refractivity contribution in [2.45, 2.75) is 42.3 Å². The van der Waals surface area contributed by atoms with Crippen molar-refractivity contribution >= 4 is 39.3 Å². The summed E-state index contributed by atoms with van der Waals surface area (Å²) < 4.78 is 28.5. The van der Waals surface area contributed by atoms with Crippen LogP contribution in [0.1, 0.15) is 32.2 Å². The zero-order valence-corrected chi connectivity index (χ0v) is 17.5. The fourth-order valence-electron chi connectivity index (χ4n) is 3.12. The molecule has 3 N–H and O–H groups in total. The van der Waals surface area contributed by atoms with Crippen molar-refractivity contribution in [3.05, 3.63) is 24.3 Å². The molecule has 1 aromatic heterocycles. The van der Waals surface area contributed by atoms with E-state index < -0.39 is 16.1 Å². The maximum Gasteiger partial charge on any atom is 0.247 e. The highest BCUT2D eigenvalue weighted by Gasteiger charge is 2.26. The molecular weight excluding hydrogens is 400 g/mol. The Kier molecular flexibility index (Phi) is 6.26. The van der Waals surface area contributed by atoms with Crippen molar-refractivity contribution in [2.24, 2.45) is 0 Å². The fraction of sp³-hybridized carbons (Fsp3) is 0.471. The van der Waals surface area contributed by atoms with Gasteiger partial charge in [0.2, 0.25) is 21.9 Å². The number of anilines is 2. The molecule has 1 atom stereocenters. The summed E-state index contributed by atoms with van der Waals surface area (Å²) >= 11 is 1.34. The number of piperidine rings is 1. The van der Waals surface area contributed by atoms with Crippen LogP contribution in [0.25, 0.3) is 0 Å². The summed E-state index contributed by atoms with van der Waals surface area (Å²) in [5, 5.41) is 11.0. The lowest BCUT2D eigenvalue weighted by Gasteiger charge is -2.25. The van der Waals surface area contributed by atoms with Crippen LogP contribution in [0, 0.1) is 0 Å². The Balaban J connectivity index is 1.71. The lowest BCUT2D eigenvalue weighted by Crippen LogP contribution is -2.35. The molecule has 0 radical (unpaired) electrons. The van der Waals surface area contributed by atoms with Gasteiger partial charge in [0.15, 0.2) is 5.16 Å². The summed E-state index contributed by atoms with van der Waals surface area (Å²) in [4.78, 5) is 12.8. The molecule has 9 nitrogen and oxygen atoms in total. The van der Waals surface area contributed by atoms with Gasteiger partial charge in [-0.3, -0.25) is 9.36 Å². The SMILES string of the molecule is CSc1nnc(N)n1C(C)C(=O)Nc1ccc(S(=O)(=O)N2CCCCC2)cc1. The number of thioether (sulfide) groups is 1. The molecule has 152 valence electrons. The number of nitrogens with one attached hydrogen (secondary N) is 1. The average molecular weight is 425 g/mol. The van der Waals surface area contributed by atoms with Gasteiger partial charge < -0.3 is 11.1 Å². The first-order chi connectivity index (χ1) is 13.3. The number of rotatable bonds is 6. The lowest BCUT2D eigenvalue weighted by molar-refractivity contribution is -0.118. The minimum Gasteiger partial charge on any atom is -0.368 e. The molecule has 3 rings (SSSR count). The second-order valence-electron chi connectivity index (χ2n) is 6.57. The molecular formula is C17H24N6O3S2. The van der Waals surface area contributed by atoms with E-state index in [9.17, 15) is 13.2 Å². The fourth-order valence-corrected chi connectivity index (χ4v) is 5.21. The quantitative estimate of drug-likeness (QED) is 0.679. The maximum atomic E-state index is 12.7. The molecule has 0 aliphatic carbocycles. The largest absolute Gasteiger partial charge is 0.368 e. The van der Waals surface area contributed by atoms with E-state index >= 15 is 0 Å². The van der Waals surface area contributed by atoms with E-state index in [1.807, 2.05) is 6.26 Å². The Morgan fingerprint density at radius 2 is 1.82 bits per heavy atom. The summed E-state index contributed by atoms with van der Waals surface area (Å²) in [5.74, 6) is -0.136. The highest BCUT2D eigenvalue weighted by molar-refractivity contribution is 7.98. The van der Waals surface area contributed by atoms with Gasteiger partial charge in [-0.1, -0.05) is 18.2 Å². The molecule has 11 heteroatoms. The van der Waals surface area contributed by atoms with Crippen LogP contribution >= 0.6 is 11.8 Å². The number of nitrogens with two attached hydrogens (primary N) is 1. The molecule has 0 bridgehead atoms. The normalized spacial score (nSPS) is 16.6. The minimum absolute atomic E-state index is 0.162. The molecule has 1 amide bonds. The summed E-state index contributed by atoms with van der Waals surface area (Å²) in [6, 6.07) is 5.60. The number of nitrogens with zero attached hydrogens (tertiary/aromatic N) is 4. The number of amides is 1. The van der Waals surface area contributed by atoms with Gasteiger partial charge in [0.1, 0.15) is 6.04 Å². The van der Waals surface area contributed by atoms with Gasteiger partial charge in [0.25, 0.3) is 0 Å². The third-order valence-corrected chi connectivity index (χ3v) is 7.27. The van der Waals surface area contributed by atoms with Crippen molar-refractivity contribution in [2.75, 3.05) is 30.4 Å². The van der Waals surface area contributed by atoms with Crippen LogP contribution in [0.15, 0.2) is 34.3 Å². The monoisotopic (exact) mass is 424 g/mol. The topological polar surface area (TPSA) is 123 Å². The Labute approximate surface area is 168 Å². The van der Waals surface area contributed by atoms with Crippen molar-refractivity contribution < 1.29 is 13.2 Å². The summed E-state index contributed by atoms with van der Waals surface area (Å²) in [6.07, 6.45) is 4.65. The molecule has 1 aliphatic rings. The first kappa shape index (κ1) is 20.6. The second-order valence-corrected chi connectivity index (χ2v) is 9.28. The Bertz CT molecular complexity index is 936. The Hall–Kier alpha value is -2.11. The molecule has 2 heterocycles. The summed E-state index contributed by atoms with van der Waals surface area (Å²) in [5.41, 5.74) is 6.32. The first-order valence-corrected chi connectivity index (χ1v) is 11.7. The van der Waals surface area contributed by atoms with Gasteiger partial charge in [-0.05, 0) is 50.3 Å². The molecule has 1 aliphatic heterocycles. The van der Waals surface area contributed by atoms with Crippen molar-refractivity contribution in [3.63, 3.8) is 0 Å². The van der Waals surface area contributed by atoms with E-state index in [2.05, 4.69) is 15.5 Å². The molecule has 2 aromatic rings. The van der Waals surface area contributed by atoms with Crippen LogP contribution < -0.4 is 11.1 Å². The third-order valence-electron chi connectivity index (χ3n) is 4.71. The minimum atomic E-state index is -3.49. The van der Waals surface area contributed by atoms with Crippen molar-refractivity contribution in [1.29, 1.82) is 0 Å². The Morgan fingerprint density at radius 1 is 1.18 bits per heavy atom. The second kappa shape index (κ2) is 8.50. The molecule has 1 fully saturated rings. The van der Waals surface area contributed by atoms with E-state index in [0.29, 0.717) is 23.9 Å². The number of benzene rings is 1. The highest BCUT2D eigenvalue weighted by Crippen LogP contribution is 2.24. The molecule has 0 spiro atoms. The molecule has 1 saturated heterocycles. The zero-order chi connectivity index (χ0) is 20.3. The number of carbonyl (C=O) groups excluding carboxylic acids is 1. The van der Waals surface area contributed by atoms with Gasteiger partial charge in [0, 0.05) is 18.8 Å². The third kappa shape index (κ3) is 4.15. The standard InChI is InChI=1S/C17H24N6O3S2/c1-12(23-16(18)20-21-17(23)27-2)15(24)19-13-6-8-14(9-7-13)28(25,26)22-10-4-3-5-11-22/h6-9,12H,3-5,10-11H2,1-2H3,(H2,18,20)(H,19,24). The number of hydrogen-bond donors (Lipinski definition) is 2. The van der Waals surface area contributed by atoms with Crippen LogP contribution in [0.3, 0.4) is 0 Å². The summed E-state index contributed by atoms with van der Waals surface area (Å²) in [7, 11) is -3.49. The smallest absolute Gasteiger partial charge is 0.247 e. The first-order valence-electron chi connectivity index (χ1n) is 9.00. The van der Waals surface area contributed by atoms with Gasteiger partial charge in [-0.15, -0.1) is 10.2 Å². The van der Waals surface area contributed by atoms with Gasteiger partial charge in [-0.2, -0.15) is 4.31 Å². The van der Waals surface area contributed by atoms with Crippen molar-refractivity contribution in [1.82, 2.24) is 19.1 Å². The molecule has 28 heavy (non-hydrogen) atoms. The summed E-state index contributed by atoms with van der Waals surface area (Å²) in [6.45, 7) is 2.80. The number of hydrogen-bond acceptors (Lipinski definition) is 7. The van der Waals surface area contributed by atoms with E-state index in [1.54, 1.807) is 23.6 Å². The number of nitrogen functional groups attached to an aromatic ring is 1. The van der Waals surface area contributed by atoms with Crippen LogP contribution in [0.5, 0.6) is 0 Å². The van der Waals surface area contributed by atoms with E-state index in [0.717, 1.165) is 19.3 Å². The van der Waals surface area contributed by atoms with Crippen molar-refractivity contribution in [3.8, 4) is 0 Å². The van der Waals surface area contributed by atoms with Crippen LogP contribution in [-0.2, 0) is 14.8 Å². The van der Waals surface area contributed by atoms with Gasteiger partial charge in [-0.25, -0.2) is 8.42 Å². The predicted octanol–water partition coefficient (Wildman–Crippen LogP) is 1.96. The molecule has 0 saturated carbocycles. The number of sulfonamides is 1. The Morgan fingerprint density at radius 3 is 2.43 bits per heavy atom. The highest BCUT2D eigenvalue weighted by atomic mass is 32.2. The van der Waals surface area contributed by atoms with Crippen LogP contribution in [0.2, 0.25) is 0 Å². The number of carbonyl (C=O) groups is 1. The average Bonchev–Trinajstić information content (AvgIpc) is 3.09. The van der Waals surface area contributed by atoms with Gasteiger partial charge >= 0.3 is 0 Å². The maximum absolute atomic E-state index is 12.7. The predicted molar refractivity (Wildman–Crippen MR) is 109 cm³/mol. The molecule has 1 unspecified atom stereocenters. The van der Waals surface area contributed by atoms with E-state index in [4.69, 9.17) is 5.73 Å². The number of aromatic nitrogens is 3. The van der Waals surface area contributed by atoms with Crippen LogP contribution in [-0.4, -0.2) is 52.7 Å². The van der Waals surface area contributed by atoms with E-state index in [1.165, 1.54) is 28.2 Å². The zero-order valence-electron chi connectivity index (χ0n) is 15.8. The molecule has 1 aromatic carbocycles. The lowest BCUT2D eigenvalue weighted by atomic mass is 10.2.